The highest BCUT2D eigenvalue weighted by molar-refractivity contribution is 9.10. The Hall–Kier alpha value is -1.33. The first-order valence-electron chi connectivity index (χ1n) is 5.94. The molecule has 0 spiro atoms. The summed E-state index contributed by atoms with van der Waals surface area (Å²) in [6.07, 6.45) is 2.75. The fraction of sp³-hybridized carbons (Fsp3) is 0.357. The molecule has 0 aliphatic heterocycles. The molecule has 1 aromatic rings. The minimum absolute atomic E-state index is 0.167. The van der Waals surface area contributed by atoms with Crippen LogP contribution in [0.4, 0.5) is 0 Å². The maximum atomic E-state index is 10.5. The second kappa shape index (κ2) is 7.96. The van der Waals surface area contributed by atoms with E-state index in [0.717, 1.165) is 10.5 Å². The maximum Gasteiger partial charge on any atom is 0.328 e. The van der Waals surface area contributed by atoms with Gasteiger partial charge in [-0.05, 0) is 38.1 Å². The number of carbonyl (C=O) groups is 1. The van der Waals surface area contributed by atoms with Crippen LogP contribution in [0.5, 0.6) is 5.75 Å². The topological polar surface area (TPSA) is 55.8 Å². The molecule has 0 unspecified atom stereocenters. The minimum Gasteiger partial charge on any atom is -0.491 e. The number of hydrogen-bond donors (Lipinski definition) is 1. The molecule has 0 aliphatic rings. The molecule has 104 valence electrons. The molecule has 1 aromatic carbocycles. The van der Waals surface area contributed by atoms with E-state index in [1.165, 1.54) is 6.08 Å². The van der Waals surface area contributed by atoms with E-state index in [9.17, 15) is 4.79 Å². The van der Waals surface area contributed by atoms with E-state index in [1.54, 1.807) is 12.1 Å². The van der Waals surface area contributed by atoms with Crippen LogP contribution in [-0.2, 0) is 9.53 Å². The van der Waals surface area contributed by atoms with Crippen molar-refractivity contribution in [1.82, 2.24) is 0 Å². The van der Waals surface area contributed by atoms with E-state index in [-0.39, 0.29) is 6.10 Å². The molecule has 1 rings (SSSR count). The van der Waals surface area contributed by atoms with Gasteiger partial charge in [0.25, 0.3) is 0 Å². The molecular weight excluding hydrogens is 312 g/mol. The van der Waals surface area contributed by atoms with E-state index in [4.69, 9.17) is 14.6 Å². The van der Waals surface area contributed by atoms with E-state index < -0.39 is 5.97 Å². The van der Waals surface area contributed by atoms with Crippen molar-refractivity contribution in [2.45, 2.75) is 20.0 Å². The zero-order valence-corrected chi connectivity index (χ0v) is 12.5. The normalized spacial score (nSPS) is 11.2. The molecule has 0 aliphatic carbocycles. The molecule has 0 heterocycles. The monoisotopic (exact) mass is 328 g/mol. The minimum atomic E-state index is -0.992. The highest BCUT2D eigenvalue weighted by atomic mass is 79.9. The largest absolute Gasteiger partial charge is 0.491 e. The summed E-state index contributed by atoms with van der Waals surface area (Å²) in [6, 6.07) is 5.44. The lowest BCUT2D eigenvalue weighted by Crippen LogP contribution is -2.11. The molecule has 0 bridgehead atoms. The molecule has 1 N–H and O–H groups in total. The lowest BCUT2D eigenvalue weighted by molar-refractivity contribution is -0.131. The van der Waals surface area contributed by atoms with Crippen LogP contribution in [0.3, 0.4) is 0 Å². The van der Waals surface area contributed by atoms with E-state index in [1.807, 2.05) is 19.9 Å². The van der Waals surface area contributed by atoms with Gasteiger partial charge in [-0.15, -0.1) is 0 Å². The number of carboxylic acid groups (broad SMARTS) is 1. The van der Waals surface area contributed by atoms with Crippen LogP contribution in [0.15, 0.2) is 28.7 Å². The first-order valence-corrected chi connectivity index (χ1v) is 6.73. The number of halogens is 1. The third kappa shape index (κ3) is 6.40. The lowest BCUT2D eigenvalue weighted by Gasteiger charge is -2.11. The molecule has 0 amide bonds. The number of ether oxygens (including phenoxy) is 2. The molecule has 0 saturated heterocycles. The van der Waals surface area contributed by atoms with Gasteiger partial charge in [0.15, 0.2) is 0 Å². The summed E-state index contributed by atoms with van der Waals surface area (Å²) in [5.41, 5.74) is 0.710. The van der Waals surface area contributed by atoms with Crippen LogP contribution < -0.4 is 4.74 Å². The van der Waals surface area contributed by atoms with Crippen LogP contribution in [0.25, 0.3) is 6.08 Å². The Balaban J connectivity index is 2.68. The summed E-state index contributed by atoms with van der Waals surface area (Å²) < 4.78 is 11.8. The van der Waals surface area contributed by atoms with E-state index in [0.29, 0.717) is 24.5 Å². The van der Waals surface area contributed by atoms with Gasteiger partial charge in [0.1, 0.15) is 12.4 Å². The Morgan fingerprint density at radius 2 is 2.16 bits per heavy atom. The highest BCUT2D eigenvalue weighted by Gasteiger charge is 2.03. The Kier molecular flexibility index (Phi) is 6.59. The van der Waals surface area contributed by atoms with Crippen molar-refractivity contribution in [2.24, 2.45) is 0 Å². The van der Waals surface area contributed by atoms with Crippen LogP contribution in [0, 0.1) is 0 Å². The van der Waals surface area contributed by atoms with Crippen molar-refractivity contribution < 1.29 is 19.4 Å². The number of carboxylic acids is 1. The summed E-state index contributed by atoms with van der Waals surface area (Å²) >= 11 is 3.34. The Bertz CT molecular complexity index is 455. The van der Waals surface area contributed by atoms with Gasteiger partial charge < -0.3 is 14.6 Å². The third-order valence-electron chi connectivity index (χ3n) is 2.17. The average Bonchev–Trinajstić information content (AvgIpc) is 2.33. The fourth-order valence-electron chi connectivity index (χ4n) is 1.38. The Labute approximate surface area is 121 Å². The zero-order chi connectivity index (χ0) is 14.3. The van der Waals surface area contributed by atoms with Crippen molar-refractivity contribution >= 4 is 28.0 Å². The van der Waals surface area contributed by atoms with Crippen molar-refractivity contribution in [3.63, 3.8) is 0 Å². The Morgan fingerprint density at radius 3 is 2.79 bits per heavy atom. The second-order valence-corrected chi connectivity index (χ2v) is 5.04. The van der Waals surface area contributed by atoms with Crippen molar-refractivity contribution in [2.75, 3.05) is 13.2 Å². The van der Waals surface area contributed by atoms with Gasteiger partial charge in [0.2, 0.25) is 0 Å². The first kappa shape index (κ1) is 15.7. The van der Waals surface area contributed by atoms with Crippen LogP contribution in [0.1, 0.15) is 19.4 Å². The van der Waals surface area contributed by atoms with Crippen LogP contribution in [-0.4, -0.2) is 30.4 Å². The zero-order valence-electron chi connectivity index (χ0n) is 10.9. The van der Waals surface area contributed by atoms with Crippen LogP contribution >= 0.6 is 15.9 Å². The SMILES string of the molecule is CC(C)OCCOc1ccc(Br)cc1/C=C/C(=O)O. The predicted octanol–water partition coefficient (Wildman–Crippen LogP) is 3.35. The molecule has 0 saturated carbocycles. The molecule has 0 radical (unpaired) electrons. The smallest absolute Gasteiger partial charge is 0.328 e. The molecule has 0 fully saturated rings. The molecule has 5 heteroatoms. The van der Waals surface area contributed by atoms with Gasteiger partial charge in [-0.2, -0.15) is 0 Å². The Morgan fingerprint density at radius 1 is 1.42 bits per heavy atom. The van der Waals surface area contributed by atoms with Gasteiger partial charge in [0.05, 0.1) is 12.7 Å². The van der Waals surface area contributed by atoms with Gasteiger partial charge in [-0.25, -0.2) is 4.79 Å². The number of benzene rings is 1. The quantitative estimate of drug-likeness (QED) is 0.616. The fourth-order valence-corrected chi connectivity index (χ4v) is 1.76. The number of aliphatic carboxylic acids is 1. The van der Waals surface area contributed by atoms with Gasteiger partial charge in [-0.1, -0.05) is 15.9 Å². The van der Waals surface area contributed by atoms with Gasteiger partial charge in [-0.3, -0.25) is 0 Å². The van der Waals surface area contributed by atoms with Gasteiger partial charge in [0, 0.05) is 16.1 Å². The second-order valence-electron chi connectivity index (χ2n) is 4.12. The first-order chi connectivity index (χ1) is 8.99. The third-order valence-corrected chi connectivity index (χ3v) is 2.66. The molecule has 19 heavy (non-hydrogen) atoms. The summed E-state index contributed by atoms with van der Waals surface area (Å²) in [7, 11) is 0. The average molecular weight is 329 g/mol. The van der Waals surface area contributed by atoms with Crippen molar-refractivity contribution in [3.05, 3.63) is 34.3 Å². The standard InChI is InChI=1S/C14H17BrO4/c1-10(2)18-7-8-19-13-5-4-12(15)9-11(13)3-6-14(16)17/h3-6,9-10H,7-8H2,1-2H3,(H,16,17)/b6-3+. The maximum absolute atomic E-state index is 10.5. The summed E-state index contributed by atoms with van der Waals surface area (Å²) in [5.74, 6) is -0.359. The van der Waals surface area contributed by atoms with E-state index >= 15 is 0 Å². The number of hydrogen-bond acceptors (Lipinski definition) is 3. The number of rotatable bonds is 7. The molecule has 0 atom stereocenters. The highest BCUT2D eigenvalue weighted by Crippen LogP contribution is 2.24. The van der Waals surface area contributed by atoms with Crippen molar-refractivity contribution in [1.29, 1.82) is 0 Å². The van der Waals surface area contributed by atoms with E-state index in [2.05, 4.69) is 15.9 Å². The molecular formula is C14H17BrO4. The molecule has 0 aromatic heterocycles. The summed E-state index contributed by atoms with van der Waals surface area (Å²) in [4.78, 5) is 10.5. The summed E-state index contributed by atoms with van der Waals surface area (Å²) in [5, 5.41) is 8.65. The van der Waals surface area contributed by atoms with Gasteiger partial charge >= 0.3 is 5.97 Å². The predicted molar refractivity (Wildman–Crippen MR) is 77.4 cm³/mol. The molecule has 4 nitrogen and oxygen atoms in total. The van der Waals surface area contributed by atoms with Crippen LogP contribution in [0.2, 0.25) is 0 Å². The lowest BCUT2D eigenvalue weighted by atomic mass is 10.2. The van der Waals surface area contributed by atoms with Crippen molar-refractivity contribution in [3.8, 4) is 5.75 Å². The summed E-state index contributed by atoms with van der Waals surface area (Å²) in [6.45, 7) is 4.84.